The van der Waals surface area contributed by atoms with Crippen molar-refractivity contribution >= 4 is 23.4 Å². The van der Waals surface area contributed by atoms with Gasteiger partial charge in [-0.15, -0.1) is 0 Å². The van der Waals surface area contributed by atoms with Crippen LogP contribution in [0, 0.1) is 38.5 Å². The van der Waals surface area contributed by atoms with Crippen LogP contribution in [0.25, 0.3) is 6.08 Å². The van der Waals surface area contributed by atoms with E-state index in [4.69, 9.17) is 4.74 Å². The summed E-state index contributed by atoms with van der Waals surface area (Å²) < 4.78 is 5.99. The minimum absolute atomic E-state index is 0.0211. The van der Waals surface area contributed by atoms with Gasteiger partial charge in [-0.3, -0.25) is 29.3 Å². The predicted octanol–water partition coefficient (Wildman–Crippen LogP) is 16.1. The van der Waals surface area contributed by atoms with Crippen molar-refractivity contribution in [3.8, 4) is 0 Å². The van der Waals surface area contributed by atoms with Gasteiger partial charge < -0.3 is 35.4 Å². The van der Waals surface area contributed by atoms with E-state index in [1.807, 2.05) is 144 Å². The SMILES string of the molecule is CC[C@@]1(O)CC[C@@](Cc2ccccc2)(c2ccc(C(=O)Cc3cccnc3C)cc2CO)[C@@H](CO)C1.CC[C@@]1(O)CC[C@@]2(Cc3ccccc3)c3ccc(C(=O)Cc4cccnc4C)cc3C=C[C@H]2C1.CC[C@@]1(O)CC[C@@]2(Cc3ccccc3)c3ccc(C(=O)Cc4cccnc4C)cc3COC(O)[C@H]2C1. The number of ketones is 3. The Morgan fingerprint density at radius 2 is 0.877 bits per heavy atom. The van der Waals surface area contributed by atoms with Crippen LogP contribution in [0.3, 0.4) is 0 Å². The van der Waals surface area contributed by atoms with E-state index in [9.17, 15) is 45.0 Å². The van der Waals surface area contributed by atoms with Gasteiger partial charge >= 0.3 is 0 Å². The average Bonchev–Trinajstić information content (AvgIpc) is 0.869. The lowest BCUT2D eigenvalue weighted by molar-refractivity contribution is -0.183. The predicted molar refractivity (Wildman–Crippen MR) is 416 cm³/mol. The topological polar surface area (TPSA) is 220 Å². The van der Waals surface area contributed by atoms with Crippen molar-refractivity contribution in [3.63, 3.8) is 0 Å². The number of aliphatic hydroxyl groups excluding tert-OH is 3. The molecule has 0 bridgehead atoms. The normalized spacial score (nSPS) is 25.7. The molecule has 5 aliphatic rings. The van der Waals surface area contributed by atoms with E-state index in [1.54, 1.807) is 18.6 Å². The first-order chi connectivity index (χ1) is 51.1. The number of allylic oxidation sites excluding steroid dienone is 1. The summed E-state index contributed by atoms with van der Waals surface area (Å²) in [5.41, 5.74) is 14.1. The minimum atomic E-state index is -0.989. The first-order valence-electron chi connectivity index (χ1n) is 38.3. The number of aryl methyl sites for hydroxylation is 3. The molecule has 3 aromatic heterocycles. The monoisotopic (exact) mass is 1420 g/mol. The Bertz CT molecular complexity index is 4580. The van der Waals surface area contributed by atoms with E-state index in [-0.39, 0.29) is 66.8 Å². The lowest BCUT2D eigenvalue weighted by atomic mass is 9.54. The maximum atomic E-state index is 13.2. The summed E-state index contributed by atoms with van der Waals surface area (Å²) in [6.45, 7) is 11.8. The fraction of sp³-hybridized carbons (Fsp3) is 0.398. The molecule has 14 rings (SSSR count). The van der Waals surface area contributed by atoms with Crippen LogP contribution in [0.5, 0.6) is 0 Å². The highest BCUT2D eigenvalue weighted by molar-refractivity contribution is 5.99. The van der Waals surface area contributed by atoms with Crippen LogP contribution in [0.15, 0.2) is 207 Å². The van der Waals surface area contributed by atoms with Gasteiger partial charge in [0, 0.05) is 100 Å². The van der Waals surface area contributed by atoms with E-state index in [1.165, 1.54) is 16.7 Å². The van der Waals surface area contributed by atoms with Crippen LogP contribution in [-0.2, 0) is 72.7 Å². The van der Waals surface area contributed by atoms with Gasteiger partial charge in [-0.25, -0.2) is 0 Å². The van der Waals surface area contributed by atoms with Crippen molar-refractivity contribution in [1.82, 2.24) is 15.0 Å². The average molecular weight is 1420 g/mol. The molecule has 1 aliphatic heterocycles. The smallest absolute Gasteiger partial charge is 0.167 e. The summed E-state index contributed by atoms with van der Waals surface area (Å²) in [6, 6.07) is 60.5. The zero-order valence-corrected chi connectivity index (χ0v) is 62.5. The molecule has 0 amide bonds. The van der Waals surface area contributed by atoms with E-state index >= 15 is 0 Å². The zero-order valence-electron chi connectivity index (χ0n) is 62.5. The number of pyridine rings is 3. The number of benzene rings is 6. The number of aliphatic hydroxyl groups is 6. The molecule has 13 nitrogen and oxygen atoms in total. The molecular formula is C93H105N3O10. The number of aromatic nitrogens is 3. The number of hydrogen-bond acceptors (Lipinski definition) is 13. The highest BCUT2D eigenvalue weighted by atomic mass is 16.6. The van der Waals surface area contributed by atoms with Crippen LogP contribution < -0.4 is 0 Å². The summed E-state index contributed by atoms with van der Waals surface area (Å²) in [5, 5.41) is 65.7. The highest BCUT2D eigenvalue weighted by Gasteiger charge is 2.55. The van der Waals surface area contributed by atoms with Gasteiger partial charge in [-0.1, -0.05) is 179 Å². The van der Waals surface area contributed by atoms with Crippen molar-refractivity contribution in [3.05, 3.63) is 307 Å². The Labute approximate surface area is 626 Å². The first-order valence-corrected chi connectivity index (χ1v) is 38.3. The molecule has 106 heavy (non-hydrogen) atoms. The number of rotatable bonds is 21. The molecule has 3 saturated carbocycles. The Morgan fingerprint density at radius 1 is 0.453 bits per heavy atom. The molecule has 3 fully saturated rings. The number of Topliss-reactive ketones (excluding diaryl/α,β-unsaturated/α-hetero) is 3. The highest BCUT2D eigenvalue weighted by Crippen LogP contribution is 2.57. The molecule has 6 N–H and O–H groups in total. The number of fused-ring (bicyclic) bond motifs is 6. The molecule has 0 spiro atoms. The number of hydrogen-bond donors (Lipinski definition) is 6. The molecule has 552 valence electrons. The van der Waals surface area contributed by atoms with E-state index < -0.39 is 33.9 Å². The maximum absolute atomic E-state index is 13.2. The molecule has 4 aliphatic carbocycles. The van der Waals surface area contributed by atoms with E-state index in [2.05, 4.69) is 107 Å². The van der Waals surface area contributed by atoms with Crippen molar-refractivity contribution < 1.29 is 49.8 Å². The molecule has 6 aromatic carbocycles. The van der Waals surface area contributed by atoms with Crippen molar-refractivity contribution in [2.45, 2.75) is 210 Å². The zero-order chi connectivity index (χ0) is 74.9. The molecule has 13 heteroatoms. The third kappa shape index (κ3) is 16.7. The number of carbonyl (C=O) groups excluding carboxylic acids is 3. The summed E-state index contributed by atoms with van der Waals surface area (Å²) in [7, 11) is 0. The summed E-state index contributed by atoms with van der Waals surface area (Å²) in [5.74, 6) is -0.0175. The summed E-state index contributed by atoms with van der Waals surface area (Å²) in [6.07, 6.45) is 20.3. The van der Waals surface area contributed by atoms with Gasteiger partial charge in [0.25, 0.3) is 0 Å². The van der Waals surface area contributed by atoms with Gasteiger partial charge in [0.05, 0.1) is 30.0 Å². The molecule has 0 saturated heterocycles. The largest absolute Gasteiger partial charge is 0.396 e. The van der Waals surface area contributed by atoms with E-state index in [0.717, 1.165) is 112 Å². The fourth-order valence-electron chi connectivity index (χ4n) is 18.3. The van der Waals surface area contributed by atoms with Crippen molar-refractivity contribution in [2.75, 3.05) is 6.61 Å². The van der Waals surface area contributed by atoms with Gasteiger partial charge in [0.15, 0.2) is 23.6 Å². The molecular weight excluding hydrogens is 1320 g/mol. The van der Waals surface area contributed by atoms with Crippen LogP contribution in [0.2, 0.25) is 0 Å². The maximum Gasteiger partial charge on any atom is 0.167 e. The van der Waals surface area contributed by atoms with Gasteiger partial charge in [-0.05, 0) is 232 Å². The first kappa shape index (κ1) is 76.9. The summed E-state index contributed by atoms with van der Waals surface area (Å²) >= 11 is 0. The third-order valence-electron chi connectivity index (χ3n) is 25.1. The Hall–Kier alpha value is -8.76. The summed E-state index contributed by atoms with van der Waals surface area (Å²) in [4.78, 5) is 52.4. The standard InChI is InChI=1S/C31H35NO4.C31H37NO4.C31H33NO2/c1-3-30(35)13-14-31(18-22-8-5-4-6-9-22)26-12-11-24(16-25(26)20-36-29(34)27(31)19-30)28(33)17-23-10-7-15-32-21(23)2;1-3-30(36)13-14-31(27(19-30)21-34,18-23-8-5-4-6-9-23)28-12-11-25(16-26(28)20-33)29(35)17-24-10-7-15-32-22(24)2;1-3-30(34)15-16-31(20-23-8-5-4-6-9-23)27(21-30)13-11-25-18-26(12-14-28(25)31)29(33)19-24-10-7-17-32-22(24)2/h4-12,15-16,27,29,34-35H,3,13-14,17-20H2,1-2H3;4-12,15-16,27,33-34,36H,3,13-14,17-21H2,1-2H3;4-14,17-18,27,34H,3,15-16,19-21H2,1-2H3/t27-,29?,30-,31-;27-,30-,31+;27-,30+,31-/m110/s1. The second-order valence-corrected chi connectivity index (χ2v) is 31.2. The lowest BCUT2D eigenvalue weighted by Crippen LogP contribution is -2.52. The van der Waals surface area contributed by atoms with E-state index in [0.29, 0.717) is 80.9 Å². The second kappa shape index (κ2) is 33.2. The lowest BCUT2D eigenvalue weighted by Gasteiger charge is -2.51. The molecule has 0 radical (unpaired) electrons. The number of nitrogens with zero attached hydrogens (tertiary/aromatic N) is 3. The Morgan fingerprint density at radius 3 is 1.36 bits per heavy atom. The van der Waals surface area contributed by atoms with Gasteiger partial charge in [-0.2, -0.15) is 0 Å². The van der Waals surface area contributed by atoms with Gasteiger partial charge in [0.2, 0.25) is 0 Å². The van der Waals surface area contributed by atoms with Crippen molar-refractivity contribution in [1.29, 1.82) is 0 Å². The third-order valence-corrected chi connectivity index (χ3v) is 25.1. The van der Waals surface area contributed by atoms with Crippen LogP contribution >= 0.6 is 0 Å². The quantitative estimate of drug-likeness (QED) is 0.0369. The Kier molecular flexibility index (Phi) is 24.1. The number of carbonyl (C=O) groups is 3. The molecule has 9 aromatic rings. The van der Waals surface area contributed by atoms with Gasteiger partial charge in [0.1, 0.15) is 0 Å². The second-order valence-electron chi connectivity index (χ2n) is 31.2. The van der Waals surface area contributed by atoms with Crippen LogP contribution in [0.1, 0.15) is 213 Å². The molecule has 1 unspecified atom stereocenters. The molecule has 10 atom stereocenters. The minimum Gasteiger partial charge on any atom is -0.396 e. The fourth-order valence-corrected chi connectivity index (χ4v) is 18.3. The van der Waals surface area contributed by atoms with Crippen LogP contribution in [0.4, 0.5) is 0 Å². The van der Waals surface area contributed by atoms with Crippen molar-refractivity contribution in [2.24, 2.45) is 17.8 Å². The Balaban J connectivity index is 0.000000149. The van der Waals surface area contributed by atoms with Crippen LogP contribution in [-0.4, -0.2) is 92.6 Å². The number of ether oxygens (including phenoxy) is 1. The molecule has 4 heterocycles.